The van der Waals surface area contributed by atoms with Crippen LogP contribution in [0.2, 0.25) is 0 Å². The molecular weight excluding hydrogens is 328 g/mol. The van der Waals surface area contributed by atoms with E-state index in [1.54, 1.807) is 0 Å². The Morgan fingerprint density at radius 1 is 0.731 bits per heavy atom. The van der Waals surface area contributed by atoms with Crippen molar-refractivity contribution < 1.29 is 19.4 Å². The Kier molecular flexibility index (Phi) is 18.0. The van der Waals surface area contributed by atoms with Crippen molar-refractivity contribution in [2.24, 2.45) is 0 Å². The Bertz CT molecular complexity index is 341. The molecule has 0 aliphatic heterocycles. The predicted molar refractivity (Wildman–Crippen MR) is 107 cm³/mol. The summed E-state index contributed by atoms with van der Waals surface area (Å²) >= 11 is 0. The van der Waals surface area contributed by atoms with Gasteiger partial charge in [0.15, 0.2) is 0 Å². The van der Waals surface area contributed by atoms with Crippen molar-refractivity contribution in [1.82, 2.24) is 0 Å². The zero-order valence-electron chi connectivity index (χ0n) is 17.3. The number of carbonyl (C=O) groups is 2. The maximum Gasteiger partial charge on any atom is 0.307 e. The first-order valence-electron chi connectivity index (χ1n) is 11.0. The van der Waals surface area contributed by atoms with Gasteiger partial charge in [0.2, 0.25) is 0 Å². The molecule has 0 fully saturated rings. The van der Waals surface area contributed by atoms with Gasteiger partial charge in [0.05, 0.1) is 6.42 Å². The van der Waals surface area contributed by atoms with Gasteiger partial charge in [-0.1, -0.05) is 90.9 Å². The number of ether oxygens (including phenoxy) is 1. The van der Waals surface area contributed by atoms with Crippen LogP contribution in [0.25, 0.3) is 0 Å². The highest BCUT2D eigenvalue weighted by Gasteiger charge is 2.17. The normalized spacial score (nSPS) is 12.1. The van der Waals surface area contributed by atoms with Gasteiger partial charge in [-0.25, -0.2) is 0 Å². The minimum Gasteiger partial charge on any atom is -0.481 e. The molecule has 0 aliphatic carbocycles. The molecule has 0 spiro atoms. The van der Waals surface area contributed by atoms with E-state index in [2.05, 4.69) is 13.8 Å². The van der Waals surface area contributed by atoms with Crippen molar-refractivity contribution in [3.63, 3.8) is 0 Å². The third kappa shape index (κ3) is 17.8. The molecule has 4 heteroatoms. The smallest absolute Gasteiger partial charge is 0.307 e. The molecule has 0 aromatic rings. The zero-order valence-corrected chi connectivity index (χ0v) is 17.3. The van der Waals surface area contributed by atoms with E-state index in [-0.39, 0.29) is 12.4 Å². The van der Waals surface area contributed by atoms with Gasteiger partial charge >= 0.3 is 11.9 Å². The molecule has 0 aliphatic rings. The molecule has 0 bridgehead atoms. The summed E-state index contributed by atoms with van der Waals surface area (Å²) in [6.45, 7) is 4.41. The lowest BCUT2D eigenvalue weighted by molar-refractivity contribution is -0.153. The fraction of sp³-hybridized carbons (Fsp3) is 0.909. The number of esters is 1. The lowest BCUT2D eigenvalue weighted by Gasteiger charge is -2.16. The van der Waals surface area contributed by atoms with Crippen LogP contribution in [0.3, 0.4) is 0 Å². The van der Waals surface area contributed by atoms with Gasteiger partial charge in [-0.2, -0.15) is 0 Å². The van der Waals surface area contributed by atoms with E-state index in [1.165, 1.54) is 64.2 Å². The van der Waals surface area contributed by atoms with Crippen LogP contribution in [0.15, 0.2) is 0 Å². The summed E-state index contributed by atoms with van der Waals surface area (Å²) in [6.07, 6.45) is 17.0. The van der Waals surface area contributed by atoms with Gasteiger partial charge in [0, 0.05) is 6.42 Å². The highest BCUT2D eigenvalue weighted by molar-refractivity contribution is 5.71. The predicted octanol–water partition coefficient (Wildman–Crippen LogP) is 6.65. The van der Waals surface area contributed by atoms with Crippen LogP contribution in [-0.2, 0) is 14.3 Å². The molecule has 0 aromatic carbocycles. The van der Waals surface area contributed by atoms with Crippen LogP contribution < -0.4 is 0 Å². The van der Waals surface area contributed by atoms with Crippen LogP contribution in [0.4, 0.5) is 0 Å². The Balaban J connectivity index is 3.80. The SMILES string of the molecule is CCCCCCCCCCC(=O)OC(CCCCCCCC)CC(=O)O. The third-order valence-electron chi connectivity index (χ3n) is 4.81. The molecule has 1 unspecified atom stereocenters. The highest BCUT2D eigenvalue weighted by Crippen LogP contribution is 2.15. The van der Waals surface area contributed by atoms with Gasteiger partial charge in [-0.3, -0.25) is 9.59 Å². The van der Waals surface area contributed by atoms with Crippen molar-refractivity contribution >= 4 is 11.9 Å². The zero-order chi connectivity index (χ0) is 19.5. The van der Waals surface area contributed by atoms with Crippen LogP contribution in [0.1, 0.15) is 123 Å². The van der Waals surface area contributed by atoms with Crippen molar-refractivity contribution in [2.45, 2.75) is 129 Å². The quantitative estimate of drug-likeness (QED) is 0.204. The topological polar surface area (TPSA) is 63.6 Å². The van der Waals surface area contributed by atoms with Gasteiger partial charge < -0.3 is 9.84 Å². The van der Waals surface area contributed by atoms with Crippen LogP contribution in [0.5, 0.6) is 0 Å². The summed E-state index contributed by atoms with van der Waals surface area (Å²) in [6, 6.07) is 0. The fourth-order valence-corrected chi connectivity index (χ4v) is 3.20. The number of hydrogen-bond donors (Lipinski definition) is 1. The second kappa shape index (κ2) is 18.7. The van der Waals surface area contributed by atoms with E-state index in [9.17, 15) is 9.59 Å². The molecule has 0 saturated heterocycles. The number of carboxylic acids is 1. The Labute approximate surface area is 161 Å². The first-order valence-corrected chi connectivity index (χ1v) is 11.0. The van der Waals surface area contributed by atoms with Crippen molar-refractivity contribution in [3.05, 3.63) is 0 Å². The second-order valence-electron chi connectivity index (χ2n) is 7.49. The fourth-order valence-electron chi connectivity index (χ4n) is 3.20. The number of carbonyl (C=O) groups excluding carboxylic acids is 1. The Morgan fingerprint density at radius 3 is 1.69 bits per heavy atom. The average Bonchev–Trinajstić information content (AvgIpc) is 2.59. The number of aliphatic carboxylic acids is 1. The molecule has 0 aromatic heterocycles. The molecule has 0 saturated carbocycles. The molecule has 1 N–H and O–H groups in total. The molecule has 0 rings (SSSR count). The average molecular weight is 371 g/mol. The molecule has 1 atom stereocenters. The van der Waals surface area contributed by atoms with Gasteiger partial charge in [0.25, 0.3) is 0 Å². The summed E-state index contributed by atoms with van der Waals surface area (Å²) in [5, 5.41) is 9.01. The van der Waals surface area contributed by atoms with Crippen LogP contribution in [-0.4, -0.2) is 23.1 Å². The molecule has 4 nitrogen and oxygen atoms in total. The molecule has 26 heavy (non-hydrogen) atoms. The van der Waals surface area contributed by atoms with Crippen molar-refractivity contribution in [3.8, 4) is 0 Å². The molecule has 154 valence electrons. The van der Waals surface area contributed by atoms with E-state index < -0.39 is 12.1 Å². The third-order valence-corrected chi connectivity index (χ3v) is 4.81. The molecule has 0 amide bonds. The first-order chi connectivity index (χ1) is 12.6. The van der Waals surface area contributed by atoms with E-state index in [1.807, 2.05) is 0 Å². The first kappa shape index (κ1) is 24.9. The minimum absolute atomic E-state index is 0.0713. The van der Waals surface area contributed by atoms with E-state index >= 15 is 0 Å². The Morgan fingerprint density at radius 2 is 1.19 bits per heavy atom. The monoisotopic (exact) mass is 370 g/mol. The maximum absolute atomic E-state index is 12.0. The maximum atomic E-state index is 12.0. The summed E-state index contributed by atoms with van der Waals surface area (Å²) < 4.78 is 5.43. The molecular formula is C22H42O4. The van der Waals surface area contributed by atoms with Gasteiger partial charge in [-0.15, -0.1) is 0 Å². The largest absolute Gasteiger partial charge is 0.481 e. The van der Waals surface area contributed by atoms with Crippen LogP contribution in [0, 0.1) is 0 Å². The second-order valence-corrected chi connectivity index (χ2v) is 7.49. The van der Waals surface area contributed by atoms with Gasteiger partial charge in [-0.05, 0) is 19.3 Å². The summed E-state index contributed by atoms with van der Waals surface area (Å²) in [5.74, 6) is -1.12. The van der Waals surface area contributed by atoms with E-state index in [0.29, 0.717) is 12.8 Å². The standard InChI is InChI=1S/C22H42O4/c1-3-5-7-9-11-12-14-16-18-22(25)26-20(19-21(23)24)17-15-13-10-8-6-4-2/h20H,3-19H2,1-2H3,(H,23,24). The van der Waals surface area contributed by atoms with E-state index in [4.69, 9.17) is 9.84 Å². The number of carboxylic acid groups (broad SMARTS) is 1. The summed E-state index contributed by atoms with van der Waals surface area (Å²) in [7, 11) is 0. The highest BCUT2D eigenvalue weighted by atomic mass is 16.5. The number of hydrogen-bond acceptors (Lipinski definition) is 3. The lowest BCUT2D eigenvalue weighted by Crippen LogP contribution is -2.21. The van der Waals surface area contributed by atoms with Crippen LogP contribution >= 0.6 is 0 Å². The van der Waals surface area contributed by atoms with E-state index in [0.717, 1.165) is 25.7 Å². The number of rotatable bonds is 19. The van der Waals surface area contributed by atoms with Crippen molar-refractivity contribution in [1.29, 1.82) is 0 Å². The molecule has 0 heterocycles. The van der Waals surface area contributed by atoms with Crippen molar-refractivity contribution in [2.75, 3.05) is 0 Å². The number of unbranched alkanes of at least 4 members (excludes halogenated alkanes) is 12. The van der Waals surface area contributed by atoms with Gasteiger partial charge in [0.1, 0.15) is 6.10 Å². The summed E-state index contributed by atoms with van der Waals surface area (Å²) in [5.41, 5.74) is 0. The Hall–Kier alpha value is -1.06. The lowest BCUT2D eigenvalue weighted by atomic mass is 10.1. The molecule has 0 radical (unpaired) electrons. The summed E-state index contributed by atoms with van der Waals surface area (Å²) in [4.78, 5) is 22.9. The minimum atomic E-state index is -0.888.